The quantitative estimate of drug-likeness (QED) is 0.137. The number of carbonyl (C=O) groups excluding carboxylic acids is 2. The summed E-state index contributed by atoms with van der Waals surface area (Å²) >= 11 is 0. The van der Waals surface area contributed by atoms with E-state index >= 15 is 0 Å². The minimum Gasteiger partial charge on any atom is -0.310 e. The molecule has 0 aromatic heterocycles. The molecule has 1 aliphatic rings. The highest BCUT2D eigenvalue weighted by molar-refractivity contribution is 6.05. The zero-order chi connectivity index (χ0) is 34.6. The van der Waals surface area contributed by atoms with Gasteiger partial charge < -0.3 is 5.32 Å². The van der Waals surface area contributed by atoms with Crippen molar-refractivity contribution in [1.82, 2.24) is 10.2 Å². The van der Waals surface area contributed by atoms with Crippen LogP contribution in [0.2, 0.25) is 0 Å². The molecule has 4 nitrogen and oxygen atoms in total. The molecule has 0 radical (unpaired) electrons. The van der Waals surface area contributed by atoms with Crippen molar-refractivity contribution in [2.75, 3.05) is 13.1 Å². The van der Waals surface area contributed by atoms with Crippen LogP contribution in [0.15, 0.2) is 97.1 Å². The van der Waals surface area contributed by atoms with E-state index in [0.717, 1.165) is 46.5 Å². The monoisotopic (exact) mass is 666 g/mol. The molecule has 5 rings (SSSR count). The highest BCUT2D eigenvalue weighted by atomic mass is 19.4. The second kappa shape index (κ2) is 14.5. The van der Waals surface area contributed by atoms with E-state index in [0.29, 0.717) is 12.8 Å². The van der Waals surface area contributed by atoms with Gasteiger partial charge >= 0.3 is 12.4 Å². The van der Waals surface area contributed by atoms with Gasteiger partial charge in [-0.25, -0.2) is 0 Å². The van der Waals surface area contributed by atoms with E-state index in [1.165, 1.54) is 29.2 Å². The first kappa shape index (κ1) is 35.0. The fourth-order valence-corrected chi connectivity index (χ4v) is 6.50. The molecule has 1 N–H and O–H groups in total. The van der Waals surface area contributed by atoms with Crippen molar-refractivity contribution in [3.05, 3.63) is 142 Å². The molecule has 4 aromatic carbocycles. The van der Waals surface area contributed by atoms with E-state index in [2.05, 4.69) is 5.32 Å². The molecule has 0 aliphatic carbocycles. The summed E-state index contributed by atoms with van der Waals surface area (Å²) in [4.78, 5) is 30.1. The SMILES string of the molecule is Cc1ccc(CC2NCC(C(=O)c3ccccc3C(F)(F)F)N(CCCc3ccccc3)C2C(=O)c2ccccc2C(F)(F)F)cc1C. The third-order valence-electron chi connectivity index (χ3n) is 9.03. The molecule has 1 saturated heterocycles. The average Bonchev–Trinajstić information content (AvgIpc) is 3.05. The van der Waals surface area contributed by atoms with E-state index < -0.39 is 64.3 Å². The van der Waals surface area contributed by atoms with Crippen molar-refractivity contribution in [3.8, 4) is 0 Å². The molecule has 3 atom stereocenters. The van der Waals surface area contributed by atoms with Crippen molar-refractivity contribution in [1.29, 1.82) is 0 Å². The van der Waals surface area contributed by atoms with Gasteiger partial charge in [0.15, 0.2) is 11.6 Å². The van der Waals surface area contributed by atoms with Crippen LogP contribution in [0.25, 0.3) is 0 Å². The number of aryl methyl sites for hydroxylation is 3. The highest BCUT2D eigenvalue weighted by Gasteiger charge is 2.47. The smallest absolute Gasteiger partial charge is 0.310 e. The molecule has 10 heteroatoms. The Bertz CT molecular complexity index is 1750. The minimum atomic E-state index is -4.84. The summed E-state index contributed by atoms with van der Waals surface area (Å²) in [6, 6.07) is 20.8. The first-order chi connectivity index (χ1) is 22.8. The Morgan fingerprint density at radius 1 is 0.708 bits per heavy atom. The second-order valence-electron chi connectivity index (χ2n) is 12.2. The number of rotatable bonds is 10. The highest BCUT2D eigenvalue weighted by Crippen LogP contribution is 2.36. The van der Waals surface area contributed by atoms with Crippen LogP contribution in [0.5, 0.6) is 0 Å². The molecule has 252 valence electrons. The lowest BCUT2D eigenvalue weighted by Gasteiger charge is -2.46. The maximum Gasteiger partial charge on any atom is 0.417 e. The van der Waals surface area contributed by atoms with Crippen molar-refractivity contribution >= 4 is 11.6 Å². The predicted molar refractivity (Wildman–Crippen MR) is 172 cm³/mol. The number of nitrogens with one attached hydrogen (secondary N) is 1. The lowest BCUT2D eigenvalue weighted by Crippen LogP contribution is -2.68. The number of ketones is 2. The van der Waals surface area contributed by atoms with Gasteiger partial charge in [0.2, 0.25) is 0 Å². The van der Waals surface area contributed by atoms with Crippen LogP contribution >= 0.6 is 0 Å². The lowest BCUT2D eigenvalue weighted by atomic mass is 9.84. The van der Waals surface area contributed by atoms with Crippen molar-refractivity contribution in [3.63, 3.8) is 0 Å². The van der Waals surface area contributed by atoms with Crippen LogP contribution in [-0.2, 0) is 25.2 Å². The van der Waals surface area contributed by atoms with Crippen LogP contribution < -0.4 is 5.32 Å². The summed E-state index contributed by atoms with van der Waals surface area (Å²) in [7, 11) is 0. The Balaban J connectivity index is 1.61. The standard InChI is InChI=1S/C38H36F6N2O2/c1-24-18-19-27(21-25(24)2)22-32-34(36(48)29-15-7-9-17-31(29)38(42,43)44)46(20-10-13-26-11-4-3-5-12-26)33(23-45-32)35(47)28-14-6-8-16-30(28)37(39,40)41/h3-9,11-12,14-19,21,32-34,45H,10,13,20,22-23H2,1-2H3. The van der Waals surface area contributed by atoms with E-state index in [4.69, 9.17) is 0 Å². The molecule has 48 heavy (non-hydrogen) atoms. The fraction of sp³-hybridized carbons (Fsp3) is 0.316. The third kappa shape index (κ3) is 7.88. The predicted octanol–water partition coefficient (Wildman–Crippen LogP) is 8.29. The maximum absolute atomic E-state index is 14.5. The minimum absolute atomic E-state index is 0.0786. The van der Waals surface area contributed by atoms with Gasteiger partial charge in [-0.1, -0.05) is 84.9 Å². The zero-order valence-electron chi connectivity index (χ0n) is 26.5. The molecule has 1 heterocycles. The number of nitrogens with zero attached hydrogens (tertiary/aromatic N) is 1. The number of halogens is 6. The van der Waals surface area contributed by atoms with Crippen molar-refractivity contribution in [2.45, 2.75) is 63.6 Å². The van der Waals surface area contributed by atoms with E-state index in [9.17, 15) is 35.9 Å². The van der Waals surface area contributed by atoms with Crippen molar-refractivity contribution < 1.29 is 35.9 Å². The first-order valence-corrected chi connectivity index (χ1v) is 15.8. The third-order valence-corrected chi connectivity index (χ3v) is 9.03. The number of carbonyl (C=O) groups is 2. The molecule has 0 amide bonds. The van der Waals surface area contributed by atoms with Crippen LogP contribution in [0.3, 0.4) is 0 Å². The molecule has 4 aromatic rings. The van der Waals surface area contributed by atoms with Crippen LogP contribution in [0.4, 0.5) is 26.3 Å². The summed E-state index contributed by atoms with van der Waals surface area (Å²) in [5.41, 5.74) is 0.493. The Hall–Kier alpha value is -4.28. The average molecular weight is 667 g/mol. The fourth-order valence-electron chi connectivity index (χ4n) is 6.50. The van der Waals surface area contributed by atoms with Gasteiger partial charge in [0.1, 0.15) is 0 Å². The van der Waals surface area contributed by atoms with E-state index in [-0.39, 0.29) is 19.5 Å². The Morgan fingerprint density at radius 3 is 1.85 bits per heavy atom. The Labute approximate surface area is 275 Å². The molecule has 3 unspecified atom stereocenters. The van der Waals surface area contributed by atoms with E-state index in [1.807, 2.05) is 62.4 Å². The second-order valence-corrected chi connectivity index (χ2v) is 12.2. The maximum atomic E-state index is 14.5. The summed E-state index contributed by atoms with van der Waals surface area (Å²) in [5.74, 6) is -1.72. The zero-order valence-corrected chi connectivity index (χ0v) is 26.5. The van der Waals surface area contributed by atoms with Gasteiger partial charge in [-0.2, -0.15) is 26.3 Å². The molecule has 0 bridgehead atoms. The lowest BCUT2D eigenvalue weighted by molar-refractivity contribution is -0.138. The summed E-state index contributed by atoms with van der Waals surface area (Å²) < 4.78 is 84.9. The van der Waals surface area contributed by atoms with E-state index in [1.54, 1.807) is 0 Å². The largest absolute Gasteiger partial charge is 0.417 e. The topological polar surface area (TPSA) is 49.4 Å². The van der Waals surface area contributed by atoms with Crippen molar-refractivity contribution in [2.24, 2.45) is 0 Å². The number of hydrogen-bond donors (Lipinski definition) is 1. The van der Waals surface area contributed by atoms with Gasteiger partial charge in [0, 0.05) is 30.3 Å². The first-order valence-electron chi connectivity index (χ1n) is 15.8. The normalized spacial score (nSPS) is 18.9. The molecule has 1 aliphatic heterocycles. The molecular formula is C38H36F6N2O2. The van der Waals surface area contributed by atoms with Crippen LogP contribution in [0, 0.1) is 13.8 Å². The number of hydrogen-bond acceptors (Lipinski definition) is 4. The summed E-state index contributed by atoms with van der Waals surface area (Å²) in [5, 5.41) is 3.21. The summed E-state index contributed by atoms with van der Waals surface area (Å²) in [6.45, 7) is 3.85. The molecule has 0 saturated carbocycles. The molecular weight excluding hydrogens is 630 g/mol. The van der Waals surface area contributed by atoms with Gasteiger partial charge in [0.25, 0.3) is 0 Å². The van der Waals surface area contributed by atoms with Gasteiger partial charge in [0.05, 0.1) is 23.2 Å². The van der Waals surface area contributed by atoms with Gasteiger partial charge in [-0.3, -0.25) is 14.5 Å². The summed E-state index contributed by atoms with van der Waals surface area (Å²) in [6.07, 6.45) is -8.50. The Morgan fingerprint density at radius 2 is 1.27 bits per heavy atom. The molecule has 1 fully saturated rings. The van der Waals surface area contributed by atoms with Crippen LogP contribution in [-0.4, -0.2) is 47.7 Å². The number of Topliss-reactive ketones (excluding diaryl/α,β-unsaturated/α-hetero) is 2. The Kier molecular flexibility index (Phi) is 10.6. The van der Waals surface area contributed by atoms with Gasteiger partial charge in [-0.05, 0) is 67.5 Å². The van der Waals surface area contributed by atoms with Crippen LogP contribution in [0.1, 0.15) is 60.5 Å². The number of benzene rings is 4. The molecule has 0 spiro atoms. The number of piperazine rings is 1. The van der Waals surface area contributed by atoms with Gasteiger partial charge in [-0.15, -0.1) is 0 Å². The number of alkyl halides is 6.